The third-order valence-electron chi connectivity index (χ3n) is 3.56. The summed E-state index contributed by atoms with van der Waals surface area (Å²) in [5.41, 5.74) is 3.67. The minimum atomic E-state index is -1.63. The first kappa shape index (κ1) is 24.3. The van der Waals surface area contributed by atoms with Crippen molar-refractivity contribution in [3.8, 4) is 0 Å². The Morgan fingerprint density at radius 1 is 0.815 bits per heavy atom. The molecule has 0 aliphatic rings. The molecule has 0 unspecified atom stereocenters. The molecule has 0 spiro atoms. The number of hydrogen-bond donors (Lipinski definition) is 6. The van der Waals surface area contributed by atoms with Crippen molar-refractivity contribution in [1.29, 1.82) is 0 Å². The van der Waals surface area contributed by atoms with Gasteiger partial charge in [0.1, 0.15) is 5.41 Å². The highest BCUT2D eigenvalue weighted by Gasteiger charge is 2.35. The molecule has 0 heterocycles. The summed E-state index contributed by atoms with van der Waals surface area (Å²) in [6.45, 7) is 3.34. The van der Waals surface area contributed by atoms with Crippen molar-refractivity contribution < 1.29 is 29.1 Å². The summed E-state index contributed by atoms with van der Waals surface area (Å²) in [5, 5.41) is 18.8. The van der Waals surface area contributed by atoms with Crippen LogP contribution in [0.15, 0.2) is 0 Å². The Bertz CT molecular complexity index is 549. The van der Waals surface area contributed by atoms with Gasteiger partial charge in [-0.3, -0.25) is 24.0 Å². The van der Waals surface area contributed by atoms with E-state index in [4.69, 9.17) is 10.8 Å². The van der Waals surface area contributed by atoms with Crippen molar-refractivity contribution in [2.24, 2.45) is 11.1 Å². The zero-order valence-corrected chi connectivity index (χ0v) is 15.7. The van der Waals surface area contributed by atoms with Crippen LogP contribution in [0, 0.1) is 5.41 Å². The van der Waals surface area contributed by atoms with E-state index in [0.717, 1.165) is 0 Å². The van der Waals surface area contributed by atoms with Gasteiger partial charge in [-0.2, -0.15) is 0 Å². The maximum absolute atomic E-state index is 11.7. The minimum absolute atomic E-state index is 0.0305. The largest absolute Gasteiger partial charge is 0.480 e. The first-order valence-electron chi connectivity index (χ1n) is 8.63. The average Bonchev–Trinajstić information content (AvgIpc) is 2.61. The van der Waals surface area contributed by atoms with Crippen LogP contribution in [0.4, 0.5) is 0 Å². The number of rotatable bonds is 13. The Morgan fingerprint density at radius 2 is 1.30 bits per heavy atom. The van der Waals surface area contributed by atoms with Gasteiger partial charge in [0, 0.05) is 32.5 Å². The highest BCUT2D eigenvalue weighted by Crippen LogP contribution is 2.14. The Hall–Kier alpha value is -2.69. The Kier molecular flexibility index (Phi) is 11.4. The third kappa shape index (κ3) is 10.8. The summed E-state index contributed by atoms with van der Waals surface area (Å²) < 4.78 is 0. The molecular weight excluding hydrogens is 358 g/mol. The van der Waals surface area contributed by atoms with Crippen molar-refractivity contribution in [1.82, 2.24) is 21.3 Å². The zero-order valence-electron chi connectivity index (χ0n) is 15.7. The first-order valence-corrected chi connectivity index (χ1v) is 8.63. The van der Waals surface area contributed by atoms with E-state index in [9.17, 15) is 24.0 Å². The molecule has 0 saturated carbocycles. The van der Waals surface area contributed by atoms with Gasteiger partial charge in [0.2, 0.25) is 23.6 Å². The molecule has 154 valence electrons. The van der Waals surface area contributed by atoms with Crippen LogP contribution in [-0.4, -0.2) is 67.4 Å². The first-order chi connectivity index (χ1) is 12.6. The Balaban J connectivity index is 3.84. The van der Waals surface area contributed by atoms with Crippen molar-refractivity contribution in [3.05, 3.63) is 0 Å². The maximum atomic E-state index is 11.7. The van der Waals surface area contributed by atoms with E-state index >= 15 is 0 Å². The standard InChI is InChI=1S/C16H29N5O6/c1-16(2,15(26)27)14(25)21-10-13(24)20-9-8-19-12(23)5-4-11(22)18-7-3-6-17/h3-10,17H2,1-2H3,(H,18,22)(H,19,23)(H,20,24)(H,21,25)(H,26,27). The van der Waals surface area contributed by atoms with Crippen LogP contribution in [0.5, 0.6) is 0 Å². The molecule has 11 nitrogen and oxygen atoms in total. The van der Waals surface area contributed by atoms with E-state index in [-0.39, 0.29) is 44.3 Å². The molecule has 0 radical (unpaired) electrons. The molecule has 0 aliphatic heterocycles. The number of nitrogens with two attached hydrogens (primary N) is 1. The third-order valence-corrected chi connectivity index (χ3v) is 3.56. The van der Waals surface area contributed by atoms with E-state index in [1.165, 1.54) is 13.8 Å². The number of carboxylic acids is 1. The normalized spacial score (nSPS) is 10.6. The van der Waals surface area contributed by atoms with Gasteiger partial charge in [0.25, 0.3) is 0 Å². The van der Waals surface area contributed by atoms with Gasteiger partial charge in [-0.1, -0.05) is 0 Å². The molecule has 0 fully saturated rings. The lowest BCUT2D eigenvalue weighted by Crippen LogP contribution is -2.46. The summed E-state index contributed by atoms with van der Waals surface area (Å²) in [6, 6.07) is 0. The molecule has 0 aromatic carbocycles. The highest BCUT2D eigenvalue weighted by atomic mass is 16.4. The summed E-state index contributed by atoms with van der Waals surface area (Å²) in [4.78, 5) is 57.2. The van der Waals surface area contributed by atoms with Crippen LogP contribution in [0.2, 0.25) is 0 Å². The minimum Gasteiger partial charge on any atom is -0.480 e. The van der Waals surface area contributed by atoms with Crippen LogP contribution in [0.25, 0.3) is 0 Å². The molecule has 0 aromatic rings. The fourth-order valence-corrected chi connectivity index (χ4v) is 1.68. The van der Waals surface area contributed by atoms with E-state index in [2.05, 4.69) is 21.3 Å². The van der Waals surface area contributed by atoms with Crippen molar-refractivity contribution in [2.75, 3.05) is 32.7 Å². The second-order valence-corrected chi connectivity index (χ2v) is 6.30. The maximum Gasteiger partial charge on any atom is 0.318 e. The molecule has 0 bridgehead atoms. The van der Waals surface area contributed by atoms with Gasteiger partial charge in [0.15, 0.2) is 0 Å². The van der Waals surface area contributed by atoms with Crippen LogP contribution in [0.1, 0.15) is 33.1 Å². The number of amides is 4. The number of nitrogens with one attached hydrogen (secondary N) is 4. The lowest BCUT2D eigenvalue weighted by molar-refractivity contribution is -0.153. The number of hydrogen-bond acceptors (Lipinski definition) is 6. The second kappa shape index (κ2) is 12.6. The molecule has 0 saturated heterocycles. The quantitative estimate of drug-likeness (QED) is 0.152. The number of carbonyl (C=O) groups excluding carboxylic acids is 4. The van der Waals surface area contributed by atoms with Gasteiger partial charge in [0.05, 0.1) is 6.54 Å². The monoisotopic (exact) mass is 387 g/mol. The zero-order chi connectivity index (χ0) is 20.9. The van der Waals surface area contributed by atoms with Gasteiger partial charge in [-0.25, -0.2) is 0 Å². The van der Waals surface area contributed by atoms with Crippen LogP contribution >= 0.6 is 0 Å². The second-order valence-electron chi connectivity index (χ2n) is 6.30. The van der Waals surface area contributed by atoms with Crippen LogP contribution in [0.3, 0.4) is 0 Å². The Morgan fingerprint density at radius 3 is 1.78 bits per heavy atom. The summed E-state index contributed by atoms with van der Waals surface area (Å²) in [6.07, 6.45) is 0.767. The summed E-state index contributed by atoms with van der Waals surface area (Å²) in [7, 11) is 0. The van der Waals surface area contributed by atoms with Crippen molar-refractivity contribution in [2.45, 2.75) is 33.1 Å². The molecule has 0 aromatic heterocycles. The van der Waals surface area contributed by atoms with Crippen molar-refractivity contribution in [3.63, 3.8) is 0 Å². The average molecular weight is 387 g/mol. The lowest BCUT2D eigenvalue weighted by Gasteiger charge is -2.18. The van der Waals surface area contributed by atoms with E-state index < -0.39 is 23.2 Å². The predicted octanol–water partition coefficient (Wildman–Crippen LogP) is -2.31. The molecule has 27 heavy (non-hydrogen) atoms. The van der Waals surface area contributed by atoms with Gasteiger partial charge in [-0.15, -0.1) is 0 Å². The van der Waals surface area contributed by atoms with Gasteiger partial charge >= 0.3 is 5.97 Å². The molecular formula is C16H29N5O6. The fraction of sp³-hybridized carbons (Fsp3) is 0.688. The molecule has 4 amide bonds. The van der Waals surface area contributed by atoms with E-state index in [1.807, 2.05) is 0 Å². The lowest BCUT2D eigenvalue weighted by atomic mass is 9.93. The number of aliphatic carboxylic acids is 1. The SMILES string of the molecule is CC(C)(C(=O)O)C(=O)NCC(=O)NCCNC(=O)CCC(=O)NCCCN. The van der Waals surface area contributed by atoms with Gasteiger partial charge < -0.3 is 32.1 Å². The topological polar surface area (TPSA) is 180 Å². The van der Waals surface area contributed by atoms with Gasteiger partial charge in [-0.05, 0) is 26.8 Å². The van der Waals surface area contributed by atoms with E-state index in [0.29, 0.717) is 19.5 Å². The predicted molar refractivity (Wildman–Crippen MR) is 96.4 cm³/mol. The molecule has 0 aliphatic carbocycles. The van der Waals surface area contributed by atoms with E-state index in [1.54, 1.807) is 0 Å². The molecule has 7 N–H and O–H groups in total. The smallest absolute Gasteiger partial charge is 0.318 e. The summed E-state index contributed by atoms with van der Waals surface area (Å²) >= 11 is 0. The fourth-order valence-electron chi connectivity index (χ4n) is 1.68. The number of carbonyl (C=O) groups is 5. The Labute approximate surface area is 157 Å². The number of carboxylic acid groups (broad SMARTS) is 1. The molecule has 0 rings (SSSR count). The highest BCUT2D eigenvalue weighted by molar-refractivity contribution is 6.02. The van der Waals surface area contributed by atoms with Crippen LogP contribution in [-0.2, 0) is 24.0 Å². The molecule has 0 atom stereocenters. The molecule has 11 heteroatoms. The van der Waals surface area contributed by atoms with Crippen molar-refractivity contribution >= 4 is 29.6 Å². The summed E-state index contributed by atoms with van der Waals surface area (Å²) in [5.74, 6) is -3.14. The van der Waals surface area contributed by atoms with Crippen LogP contribution < -0.4 is 27.0 Å².